The van der Waals surface area contributed by atoms with E-state index in [4.69, 9.17) is 4.74 Å². The molecule has 2 aliphatic rings. The summed E-state index contributed by atoms with van der Waals surface area (Å²) in [6.07, 6.45) is 9.64. The highest BCUT2D eigenvalue weighted by Gasteiger charge is 2.19. The van der Waals surface area contributed by atoms with E-state index in [9.17, 15) is 0 Å². The molecule has 5 heteroatoms. The van der Waals surface area contributed by atoms with Gasteiger partial charge in [0.2, 0.25) is 0 Å². The summed E-state index contributed by atoms with van der Waals surface area (Å²) in [6, 6.07) is 12.9. The Morgan fingerprint density at radius 2 is 2.00 bits per heavy atom. The van der Waals surface area contributed by atoms with E-state index in [1.807, 2.05) is 6.20 Å². The van der Waals surface area contributed by atoms with E-state index < -0.39 is 0 Å². The Balaban J connectivity index is 1.21. The molecule has 2 atom stereocenters. The van der Waals surface area contributed by atoms with E-state index in [1.165, 1.54) is 29.0 Å². The van der Waals surface area contributed by atoms with Gasteiger partial charge in [0.1, 0.15) is 5.75 Å². The van der Waals surface area contributed by atoms with Crippen LogP contribution in [0, 0.1) is 5.92 Å². The molecule has 1 fully saturated rings. The van der Waals surface area contributed by atoms with Crippen molar-refractivity contribution < 1.29 is 4.74 Å². The van der Waals surface area contributed by atoms with Crippen LogP contribution in [0.25, 0.3) is 0 Å². The average molecular weight is 410 g/mol. The van der Waals surface area contributed by atoms with Crippen molar-refractivity contribution in [3.8, 4) is 5.75 Å². The molecule has 0 saturated carbocycles. The molecule has 0 amide bonds. The van der Waals surface area contributed by atoms with Gasteiger partial charge in [-0.15, -0.1) is 0 Å². The third-order valence-electron chi connectivity index (χ3n) is 5.59. The summed E-state index contributed by atoms with van der Waals surface area (Å²) >= 11 is 0. The van der Waals surface area contributed by atoms with Gasteiger partial charge in [-0.05, 0) is 66.3 Å². The van der Waals surface area contributed by atoms with Crippen LogP contribution < -0.4 is 14.8 Å². The van der Waals surface area contributed by atoms with Crippen molar-refractivity contribution >= 4 is 15.7 Å². The number of nitrogens with zero attached hydrogens (tertiary/aromatic N) is 1. The van der Waals surface area contributed by atoms with Crippen LogP contribution >= 0.6 is 10.7 Å². The Kier molecular flexibility index (Phi) is 7.14. The molecule has 1 saturated heterocycles. The maximum absolute atomic E-state index is 5.91. The van der Waals surface area contributed by atoms with Crippen molar-refractivity contribution in [2.75, 3.05) is 19.7 Å². The molecule has 2 unspecified atom stereocenters. The number of pyridine rings is 1. The number of ether oxygens (including phenoxy) is 1. The molecule has 0 aliphatic carbocycles. The summed E-state index contributed by atoms with van der Waals surface area (Å²) in [5, 5.41) is 5.98. The Hall–Kier alpha value is -1.95. The van der Waals surface area contributed by atoms with Crippen molar-refractivity contribution in [3.63, 3.8) is 0 Å². The van der Waals surface area contributed by atoms with Crippen LogP contribution in [0.15, 0.2) is 54.1 Å². The predicted molar refractivity (Wildman–Crippen MR) is 123 cm³/mol. The Bertz CT molecular complexity index is 849. The second-order valence-electron chi connectivity index (χ2n) is 7.72. The first kappa shape index (κ1) is 20.3. The molecule has 4 rings (SSSR count). The Morgan fingerprint density at radius 3 is 2.66 bits per heavy atom. The lowest BCUT2D eigenvalue weighted by Gasteiger charge is -2.26. The summed E-state index contributed by atoms with van der Waals surface area (Å²) < 4.78 is 9.44. The minimum Gasteiger partial charge on any atom is -0.493 e. The van der Waals surface area contributed by atoms with Crippen molar-refractivity contribution in [3.05, 3.63) is 70.9 Å². The van der Waals surface area contributed by atoms with Gasteiger partial charge in [-0.2, -0.15) is 0 Å². The maximum atomic E-state index is 5.91. The van der Waals surface area contributed by atoms with E-state index in [1.54, 1.807) is 0 Å². The van der Waals surface area contributed by atoms with Crippen LogP contribution in [0.5, 0.6) is 5.75 Å². The topological polar surface area (TPSA) is 46.2 Å². The molecule has 154 valence electrons. The highest BCUT2D eigenvalue weighted by Crippen LogP contribution is 2.24. The normalized spacial score (nSPS) is 22.7. The lowest BCUT2D eigenvalue weighted by atomic mass is 9.92. The van der Waals surface area contributed by atoms with Crippen LogP contribution in [0.4, 0.5) is 0 Å². The zero-order valence-corrected chi connectivity index (χ0v) is 18.0. The number of hydrogen-bond acceptors (Lipinski definition) is 3. The zero-order valence-electron chi connectivity index (χ0n) is 17.2. The molecule has 2 aliphatic heterocycles. The van der Waals surface area contributed by atoms with Gasteiger partial charge in [-0.3, -0.25) is 15.0 Å². The molecule has 0 bridgehead atoms. The molecule has 0 radical (unpaired) electrons. The predicted octanol–water partition coefficient (Wildman–Crippen LogP) is 4.24. The second kappa shape index (κ2) is 10.2. The van der Waals surface area contributed by atoms with Gasteiger partial charge in [0.25, 0.3) is 0 Å². The number of aryl methyl sites for hydroxylation is 1. The fourth-order valence-corrected chi connectivity index (χ4v) is 5.36. The molecule has 29 heavy (non-hydrogen) atoms. The van der Waals surface area contributed by atoms with Gasteiger partial charge in [0, 0.05) is 36.4 Å². The van der Waals surface area contributed by atoms with E-state index in [0.717, 1.165) is 43.8 Å². The number of aromatic nitrogens is 1. The van der Waals surface area contributed by atoms with E-state index in [0.29, 0.717) is 12.5 Å². The molecule has 3 heterocycles. The van der Waals surface area contributed by atoms with Crippen LogP contribution in [-0.2, 0) is 19.3 Å². The van der Waals surface area contributed by atoms with Crippen LogP contribution in [0.3, 0.4) is 0 Å². The smallest absolute Gasteiger partial charge is 0.119 e. The zero-order chi connectivity index (χ0) is 19.9. The van der Waals surface area contributed by atoms with Gasteiger partial charge >= 0.3 is 0 Å². The number of rotatable bonds is 7. The molecular formula is C24H31N3OS. The van der Waals surface area contributed by atoms with Crippen molar-refractivity contribution in [2.45, 2.75) is 39.0 Å². The van der Waals surface area contributed by atoms with Gasteiger partial charge in [0.05, 0.1) is 6.61 Å². The molecule has 2 N–H and O–H groups in total. The van der Waals surface area contributed by atoms with Crippen molar-refractivity contribution in [2.24, 2.45) is 5.92 Å². The highest BCUT2D eigenvalue weighted by atomic mass is 32.2. The standard InChI is InChI=1S/C24H31N3OS/c1-2-19-4-8-22(25-17-19)12-14-28-23-9-5-20(6-10-23)16-21-7-11-24(26-18-21)29-15-3-13-27-29/h3-6,8-10,15,17,21,26-27H,2,7,11-14,16,18H2,1H3. The summed E-state index contributed by atoms with van der Waals surface area (Å²) in [5.74, 6) is 1.65. The quantitative estimate of drug-likeness (QED) is 0.672. The largest absolute Gasteiger partial charge is 0.493 e. The lowest BCUT2D eigenvalue weighted by Crippen LogP contribution is -2.36. The molecule has 4 nitrogen and oxygen atoms in total. The lowest BCUT2D eigenvalue weighted by molar-refractivity contribution is 0.320. The minimum atomic E-state index is 0.157. The third-order valence-corrected chi connectivity index (χ3v) is 7.41. The summed E-state index contributed by atoms with van der Waals surface area (Å²) in [7, 11) is 0.157. The van der Waals surface area contributed by atoms with E-state index >= 15 is 0 Å². The summed E-state index contributed by atoms with van der Waals surface area (Å²) in [5.41, 5.74) is 3.76. The molecule has 1 aromatic carbocycles. The minimum absolute atomic E-state index is 0.157. The Morgan fingerprint density at radius 1 is 1.14 bits per heavy atom. The SMILES string of the molecule is CCc1ccc(CCOc2ccc(CC3CC/C(=S4/C=CCN4)NC3)cc2)nc1. The first-order chi connectivity index (χ1) is 14.3. The maximum Gasteiger partial charge on any atom is 0.119 e. The summed E-state index contributed by atoms with van der Waals surface area (Å²) in [4.78, 5) is 5.98. The van der Waals surface area contributed by atoms with Gasteiger partial charge in [0.15, 0.2) is 0 Å². The fourth-order valence-electron chi connectivity index (χ4n) is 3.79. The number of hydrogen-bond donors (Lipinski definition) is 2. The first-order valence-corrected chi connectivity index (χ1v) is 12.0. The van der Waals surface area contributed by atoms with Gasteiger partial charge < -0.3 is 4.74 Å². The van der Waals surface area contributed by atoms with Gasteiger partial charge in [-0.25, -0.2) is 0 Å². The van der Waals surface area contributed by atoms with Crippen molar-refractivity contribution in [1.29, 1.82) is 0 Å². The van der Waals surface area contributed by atoms with Crippen molar-refractivity contribution in [1.82, 2.24) is 15.0 Å². The second-order valence-corrected chi connectivity index (χ2v) is 9.45. The molecular weight excluding hydrogens is 378 g/mol. The monoisotopic (exact) mass is 409 g/mol. The number of benzene rings is 1. The third kappa shape index (κ3) is 5.78. The Labute approximate surface area is 176 Å². The van der Waals surface area contributed by atoms with E-state index in [2.05, 4.69) is 69.8 Å². The molecule has 0 spiro atoms. The van der Waals surface area contributed by atoms with Gasteiger partial charge in [-0.1, -0.05) is 41.9 Å². The van der Waals surface area contributed by atoms with Crippen LogP contribution in [-0.4, -0.2) is 29.7 Å². The van der Waals surface area contributed by atoms with E-state index in [-0.39, 0.29) is 10.7 Å². The van der Waals surface area contributed by atoms with Crippen LogP contribution in [0.1, 0.15) is 36.6 Å². The highest BCUT2D eigenvalue weighted by molar-refractivity contribution is 8.17. The average Bonchev–Trinajstić information content (AvgIpc) is 3.31. The van der Waals surface area contributed by atoms with Crippen LogP contribution in [0.2, 0.25) is 0 Å². The first-order valence-electron chi connectivity index (χ1n) is 10.7. The summed E-state index contributed by atoms with van der Waals surface area (Å²) in [6.45, 7) is 4.90. The fraction of sp³-hybridized carbons (Fsp3) is 0.417. The number of nitrogens with one attached hydrogen (secondary N) is 2. The molecule has 1 aromatic heterocycles. The molecule has 2 aromatic rings. The number of piperidine rings is 1.